The number of hydrogen-bond donors (Lipinski definition) is 2. The summed E-state index contributed by atoms with van der Waals surface area (Å²) in [7, 11) is 4.01. The Labute approximate surface area is 173 Å². The number of hydrogen-bond acceptors (Lipinski definition) is 5. The van der Waals surface area contributed by atoms with Gasteiger partial charge < -0.3 is 15.5 Å². The summed E-state index contributed by atoms with van der Waals surface area (Å²) < 4.78 is 0. The molecular weight excluding hydrogens is 362 g/mol. The van der Waals surface area contributed by atoms with E-state index in [1.54, 1.807) is 12.3 Å². The van der Waals surface area contributed by atoms with Crippen molar-refractivity contribution >= 4 is 23.2 Å². The van der Waals surface area contributed by atoms with E-state index in [1.807, 2.05) is 43.3 Å². The molecule has 1 aromatic carbocycles. The molecule has 3 unspecified atom stereocenters. The number of carbonyl (C=O) groups excluding carboxylic acids is 1. The van der Waals surface area contributed by atoms with Crippen LogP contribution >= 0.6 is 0 Å². The first-order valence-electron chi connectivity index (χ1n) is 10.4. The molecule has 1 heterocycles. The van der Waals surface area contributed by atoms with Gasteiger partial charge in [0.15, 0.2) is 0 Å². The van der Waals surface area contributed by atoms with Gasteiger partial charge in [0.05, 0.1) is 0 Å². The molecule has 6 heteroatoms. The Kier molecular flexibility index (Phi) is 4.75. The summed E-state index contributed by atoms with van der Waals surface area (Å²) in [5, 5.41) is 6.44. The second-order valence-electron chi connectivity index (χ2n) is 9.54. The smallest absolute Gasteiger partial charge is 0.270 e. The van der Waals surface area contributed by atoms with Gasteiger partial charge in [-0.05, 0) is 66.3 Å². The number of anilines is 3. The first-order valence-corrected chi connectivity index (χ1v) is 10.4. The van der Waals surface area contributed by atoms with Crippen molar-refractivity contribution in [1.29, 1.82) is 0 Å². The molecule has 2 saturated carbocycles. The largest absolute Gasteiger partial charge is 0.378 e. The minimum atomic E-state index is -0.115. The molecule has 1 amide bonds. The van der Waals surface area contributed by atoms with Gasteiger partial charge in [-0.3, -0.25) is 4.79 Å². The van der Waals surface area contributed by atoms with Crippen LogP contribution in [0.1, 0.15) is 50.5 Å². The van der Waals surface area contributed by atoms with Gasteiger partial charge in [0.25, 0.3) is 5.91 Å². The fraction of sp³-hybridized carbons (Fsp3) is 0.522. The Hall–Kier alpha value is -2.63. The summed E-state index contributed by atoms with van der Waals surface area (Å²) in [5.74, 6) is 0.844. The van der Waals surface area contributed by atoms with E-state index in [9.17, 15) is 4.79 Å². The minimum Gasteiger partial charge on any atom is -0.378 e. The zero-order valence-corrected chi connectivity index (χ0v) is 18.0. The zero-order valence-electron chi connectivity index (χ0n) is 18.0. The standard InChI is InChI=1S/C23H31N5O/c1-22(2)17-10-12-23(22,3)14-19(17)26-20(29)18-11-13-24-21(27-18)25-15-6-8-16(9-7-15)28(4)5/h6-9,11,13,17,19H,10,12,14H2,1-5H3,(H,26,29)(H,24,25,27). The van der Waals surface area contributed by atoms with E-state index in [1.165, 1.54) is 12.8 Å². The topological polar surface area (TPSA) is 70.2 Å². The van der Waals surface area contributed by atoms with E-state index >= 15 is 0 Å². The van der Waals surface area contributed by atoms with Gasteiger partial charge in [0, 0.05) is 37.7 Å². The van der Waals surface area contributed by atoms with Crippen molar-refractivity contribution in [2.24, 2.45) is 16.7 Å². The molecule has 2 fully saturated rings. The van der Waals surface area contributed by atoms with Crippen LogP contribution in [0.5, 0.6) is 0 Å². The van der Waals surface area contributed by atoms with Crippen molar-refractivity contribution < 1.29 is 4.79 Å². The molecular formula is C23H31N5O. The molecule has 1 aromatic heterocycles. The lowest BCUT2D eigenvalue weighted by Gasteiger charge is -2.33. The number of carbonyl (C=O) groups is 1. The van der Waals surface area contributed by atoms with E-state index in [0.29, 0.717) is 23.0 Å². The SMILES string of the molecule is CN(C)c1ccc(Nc2nccc(C(=O)NC3CC4(C)CCC3C4(C)C)n2)cc1. The fourth-order valence-corrected chi connectivity index (χ4v) is 5.21. The molecule has 2 N–H and O–H groups in total. The summed E-state index contributed by atoms with van der Waals surface area (Å²) in [6, 6.07) is 9.90. The zero-order chi connectivity index (χ0) is 20.8. The van der Waals surface area contributed by atoms with Crippen LogP contribution in [-0.4, -0.2) is 36.0 Å². The molecule has 0 radical (unpaired) electrons. The van der Waals surface area contributed by atoms with Crippen LogP contribution in [0, 0.1) is 16.7 Å². The highest BCUT2D eigenvalue weighted by molar-refractivity contribution is 5.92. The Balaban J connectivity index is 1.44. The lowest BCUT2D eigenvalue weighted by atomic mass is 9.71. The van der Waals surface area contributed by atoms with E-state index in [2.05, 4.69) is 41.4 Å². The second-order valence-corrected chi connectivity index (χ2v) is 9.54. The number of fused-ring (bicyclic) bond motifs is 2. The Morgan fingerprint density at radius 1 is 1.14 bits per heavy atom. The Bertz CT molecular complexity index is 905. The summed E-state index contributed by atoms with van der Waals surface area (Å²) in [4.78, 5) is 23.6. The Morgan fingerprint density at radius 2 is 1.86 bits per heavy atom. The third kappa shape index (κ3) is 3.45. The van der Waals surface area contributed by atoms with Crippen molar-refractivity contribution in [2.75, 3.05) is 24.3 Å². The molecule has 0 spiro atoms. The van der Waals surface area contributed by atoms with Crippen molar-refractivity contribution in [3.63, 3.8) is 0 Å². The predicted molar refractivity (Wildman–Crippen MR) is 117 cm³/mol. The first kappa shape index (κ1) is 19.7. The van der Waals surface area contributed by atoms with Crippen molar-refractivity contribution in [3.8, 4) is 0 Å². The molecule has 6 nitrogen and oxygen atoms in total. The van der Waals surface area contributed by atoms with E-state index in [-0.39, 0.29) is 17.4 Å². The average molecular weight is 394 g/mol. The quantitative estimate of drug-likeness (QED) is 0.795. The monoisotopic (exact) mass is 393 g/mol. The summed E-state index contributed by atoms with van der Waals surface area (Å²) >= 11 is 0. The summed E-state index contributed by atoms with van der Waals surface area (Å²) in [6.07, 6.45) is 5.12. The summed E-state index contributed by atoms with van der Waals surface area (Å²) in [6.45, 7) is 7.07. The molecule has 29 heavy (non-hydrogen) atoms. The Morgan fingerprint density at radius 3 is 2.45 bits per heavy atom. The van der Waals surface area contributed by atoms with Gasteiger partial charge in [-0.2, -0.15) is 0 Å². The third-order valence-corrected chi connectivity index (χ3v) is 7.49. The van der Waals surface area contributed by atoms with Crippen molar-refractivity contribution in [2.45, 2.75) is 46.1 Å². The van der Waals surface area contributed by atoms with Crippen molar-refractivity contribution in [3.05, 3.63) is 42.2 Å². The maximum Gasteiger partial charge on any atom is 0.270 e. The van der Waals surface area contributed by atoms with Crippen molar-refractivity contribution in [1.82, 2.24) is 15.3 Å². The van der Waals surface area contributed by atoms with Crippen LogP contribution in [0.3, 0.4) is 0 Å². The van der Waals surface area contributed by atoms with Gasteiger partial charge in [0.2, 0.25) is 5.95 Å². The van der Waals surface area contributed by atoms with Crippen LogP contribution in [0.2, 0.25) is 0 Å². The van der Waals surface area contributed by atoms with E-state index < -0.39 is 0 Å². The van der Waals surface area contributed by atoms with Crippen LogP contribution in [-0.2, 0) is 0 Å². The molecule has 2 aromatic rings. The second kappa shape index (κ2) is 7.01. The number of benzene rings is 1. The normalized spacial score (nSPS) is 26.9. The number of nitrogens with one attached hydrogen (secondary N) is 2. The predicted octanol–water partition coefficient (Wildman–Crippen LogP) is 4.23. The maximum absolute atomic E-state index is 12.9. The molecule has 2 aliphatic rings. The summed E-state index contributed by atoms with van der Waals surface area (Å²) in [5.41, 5.74) is 2.98. The van der Waals surface area contributed by atoms with Gasteiger partial charge in [-0.1, -0.05) is 20.8 Å². The molecule has 4 rings (SSSR count). The molecule has 0 aliphatic heterocycles. The van der Waals surface area contributed by atoms with Gasteiger partial charge >= 0.3 is 0 Å². The number of rotatable bonds is 5. The minimum absolute atomic E-state index is 0.115. The van der Waals surface area contributed by atoms with Crippen LogP contribution in [0.4, 0.5) is 17.3 Å². The molecule has 2 bridgehead atoms. The lowest BCUT2D eigenvalue weighted by molar-refractivity contribution is 0.0912. The fourth-order valence-electron chi connectivity index (χ4n) is 5.21. The van der Waals surface area contributed by atoms with Gasteiger partial charge in [0.1, 0.15) is 5.69 Å². The molecule has 154 valence electrons. The number of nitrogens with zero attached hydrogens (tertiary/aromatic N) is 3. The highest BCUT2D eigenvalue weighted by atomic mass is 16.2. The molecule has 3 atom stereocenters. The van der Waals surface area contributed by atoms with Gasteiger partial charge in [-0.25, -0.2) is 9.97 Å². The van der Waals surface area contributed by atoms with Crippen LogP contribution < -0.4 is 15.5 Å². The number of aromatic nitrogens is 2. The third-order valence-electron chi connectivity index (χ3n) is 7.49. The highest BCUT2D eigenvalue weighted by Crippen LogP contribution is 2.65. The van der Waals surface area contributed by atoms with Gasteiger partial charge in [-0.15, -0.1) is 0 Å². The maximum atomic E-state index is 12.9. The first-order chi connectivity index (χ1) is 13.7. The lowest BCUT2D eigenvalue weighted by Crippen LogP contribution is -2.40. The van der Waals surface area contributed by atoms with Crippen LogP contribution in [0.15, 0.2) is 36.5 Å². The van der Waals surface area contributed by atoms with E-state index in [0.717, 1.165) is 17.8 Å². The highest BCUT2D eigenvalue weighted by Gasteiger charge is 2.60. The van der Waals surface area contributed by atoms with Crippen LogP contribution in [0.25, 0.3) is 0 Å². The van der Waals surface area contributed by atoms with E-state index in [4.69, 9.17) is 0 Å². The average Bonchev–Trinajstić information content (AvgIpc) is 3.01. The number of amides is 1. The molecule has 0 saturated heterocycles. The molecule has 2 aliphatic carbocycles.